The van der Waals surface area contributed by atoms with Crippen LogP contribution in [0.3, 0.4) is 0 Å². The SMILES string of the molecule is [2H]C([2H])([2H])C(N=C(N)N=C(N)Nc1ccc(Cl)cc1)C([2H])([2H])[2H]. The van der Waals surface area contributed by atoms with Gasteiger partial charge in [0.2, 0.25) is 11.9 Å². The van der Waals surface area contributed by atoms with Crippen LogP contribution in [0.2, 0.25) is 5.02 Å². The Bertz CT molecular complexity index is 578. The molecule has 0 bridgehead atoms. The van der Waals surface area contributed by atoms with Gasteiger partial charge in [-0.2, -0.15) is 4.99 Å². The van der Waals surface area contributed by atoms with E-state index in [1.54, 1.807) is 24.3 Å². The first-order valence-corrected chi connectivity index (χ1v) is 4.97. The lowest BCUT2D eigenvalue weighted by atomic mass is 10.3. The fourth-order valence-corrected chi connectivity index (χ4v) is 1.12. The van der Waals surface area contributed by atoms with Crippen molar-refractivity contribution in [2.75, 3.05) is 5.32 Å². The maximum absolute atomic E-state index is 7.22. The summed E-state index contributed by atoms with van der Waals surface area (Å²) in [7, 11) is 0. The molecule has 0 aromatic heterocycles. The van der Waals surface area contributed by atoms with E-state index < -0.39 is 25.7 Å². The predicted molar refractivity (Wildman–Crippen MR) is 73.5 cm³/mol. The Morgan fingerprint density at radius 3 is 2.59 bits per heavy atom. The Morgan fingerprint density at radius 1 is 1.35 bits per heavy atom. The van der Waals surface area contributed by atoms with Crippen molar-refractivity contribution in [3.8, 4) is 0 Å². The van der Waals surface area contributed by atoms with Gasteiger partial charge in [-0.25, -0.2) is 4.99 Å². The van der Waals surface area contributed by atoms with E-state index >= 15 is 0 Å². The van der Waals surface area contributed by atoms with Gasteiger partial charge in [0.25, 0.3) is 0 Å². The second-order valence-corrected chi connectivity index (χ2v) is 3.46. The van der Waals surface area contributed by atoms with E-state index in [4.69, 9.17) is 31.3 Å². The van der Waals surface area contributed by atoms with Gasteiger partial charge in [0.1, 0.15) is 0 Å². The number of guanidine groups is 2. The molecule has 0 atom stereocenters. The first-order chi connectivity index (χ1) is 10.4. The molecule has 0 heterocycles. The number of halogens is 1. The van der Waals surface area contributed by atoms with Gasteiger partial charge in [-0.05, 0) is 38.0 Å². The van der Waals surface area contributed by atoms with Crippen molar-refractivity contribution in [1.29, 1.82) is 0 Å². The topological polar surface area (TPSA) is 88.8 Å². The molecule has 0 radical (unpaired) electrons. The van der Waals surface area contributed by atoms with Crippen molar-refractivity contribution in [3.05, 3.63) is 29.3 Å². The van der Waals surface area contributed by atoms with E-state index in [0.717, 1.165) is 0 Å². The van der Waals surface area contributed by atoms with Gasteiger partial charge in [0.05, 0.1) is 0 Å². The van der Waals surface area contributed by atoms with Gasteiger partial charge in [0, 0.05) is 25.0 Å². The third kappa shape index (κ3) is 5.21. The molecule has 17 heavy (non-hydrogen) atoms. The molecule has 1 aromatic rings. The molecule has 5 nitrogen and oxygen atoms in total. The molecule has 0 aliphatic heterocycles. The highest BCUT2D eigenvalue weighted by Crippen LogP contribution is 2.12. The Balaban J connectivity index is 2.93. The highest BCUT2D eigenvalue weighted by atomic mass is 35.5. The third-order valence-corrected chi connectivity index (χ3v) is 1.86. The zero-order chi connectivity index (χ0) is 17.8. The summed E-state index contributed by atoms with van der Waals surface area (Å²) in [5, 5.41) is 3.21. The van der Waals surface area contributed by atoms with Crippen LogP contribution in [-0.4, -0.2) is 18.0 Å². The monoisotopic (exact) mass is 259 g/mol. The second-order valence-electron chi connectivity index (χ2n) is 3.02. The van der Waals surface area contributed by atoms with Crippen LogP contribution in [0.4, 0.5) is 5.69 Å². The fourth-order valence-electron chi connectivity index (χ4n) is 0.994. The molecule has 92 valence electrons. The normalized spacial score (nSPS) is 19.6. The Kier molecular flexibility index (Phi) is 2.46. The van der Waals surface area contributed by atoms with Gasteiger partial charge >= 0.3 is 0 Å². The zero-order valence-corrected chi connectivity index (χ0v) is 9.57. The molecule has 0 aliphatic carbocycles. The molecule has 0 spiro atoms. The number of anilines is 1. The first kappa shape index (κ1) is 6.86. The van der Waals surface area contributed by atoms with Gasteiger partial charge in [-0.15, -0.1) is 0 Å². The van der Waals surface area contributed by atoms with Crippen LogP contribution >= 0.6 is 11.6 Å². The molecular formula is C11H16ClN5. The van der Waals surface area contributed by atoms with E-state index in [1.807, 2.05) is 0 Å². The van der Waals surface area contributed by atoms with Crippen molar-refractivity contribution in [3.63, 3.8) is 0 Å². The minimum absolute atomic E-state index is 0.177. The summed E-state index contributed by atoms with van der Waals surface area (Å²) in [6.07, 6.45) is 0. The summed E-state index contributed by atoms with van der Waals surface area (Å²) in [4.78, 5) is 7.10. The number of nitrogens with one attached hydrogen (secondary N) is 1. The van der Waals surface area contributed by atoms with Crippen LogP contribution in [0.5, 0.6) is 0 Å². The summed E-state index contributed by atoms with van der Waals surface area (Å²) in [6, 6.07) is 4.52. The molecule has 0 aliphatic rings. The number of hydrogen-bond acceptors (Lipinski definition) is 1. The van der Waals surface area contributed by atoms with Crippen molar-refractivity contribution < 1.29 is 8.22 Å². The van der Waals surface area contributed by atoms with E-state index in [1.165, 1.54) is 0 Å². The van der Waals surface area contributed by atoms with Gasteiger partial charge in [0.15, 0.2) is 0 Å². The van der Waals surface area contributed by atoms with Crippen molar-refractivity contribution in [2.45, 2.75) is 19.7 Å². The van der Waals surface area contributed by atoms with Gasteiger partial charge in [-0.1, -0.05) is 11.6 Å². The molecule has 5 N–H and O–H groups in total. The zero-order valence-electron chi connectivity index (χ0n) is 14.8. The van der Waals surface area contributed by atoms with Crippen LogP contribution in [0.15, 0.2) is 34.3 Å². The maximum Gasteiger partial charge on any atom is 0.218 e. The van der Waals surface area contributed by atoms with E-state index in [2.05, 4.69) is 15.3 Å². The van der Waals surface area contributed by atoms with Crippen LogP contribution < -0.4 is 16.8 Å². The standard InChI is InChI=1S/C11H16ClN5/c1-7(2)15-10(13)17-11(14)16-9-5-3-8(12)4-6-9/h3-7H,1-2H3,(H5,13,14,15,16,17)/i1D3,2D3. The average Bonchev–Trinajstić information content (AvgIpc) is 2.36. The average molecular weight is 260 g/mol. The quantitative estimate of drug-likeness (QED) is 0.559. The second kappa shape index (κ2) is 6.10. The van der Waals surface area contributed by atoms with Crippen LogP contribution in [-0.2, 0) is 0 Å². The van der Waals surface area contributed by atoms with Crippen molar-refractivity contribution >= 4 is 29.2 Å². The number of rotatable bonds is 2. The molecule has 0 saturated carbocycles. The summed E-state index contributed by atoms with van der Waals surface area (Å²) in [5.41, 5.74) is 11.6. The lowest BCUT2D eigenvalue weighted by molar-refractivity contribution is 0.831. The van der Waals surface area contributed by atoms with Crippen molar-refractivity contribution in [2.24, 2.45) is 21.5 Å². The number of benzene rings is 1. The lowest BCUT2D eigenvalue weighted by Crippen LogP contribution is -2.26. The van der Waals surface area contributed by atoms with Gasteiger partial charge < -0.3 is 16.8 Å². The highest BCUT2D eigenvalue weighted by Gasteiger charge is 1.97. The third-order valence-electron chi connectivity index (χ3n) is 1.61. The molecule has 0 unspecified atom stereocenters. The Hall–Kier alpha value is -1.75. The van der Waals surface area contributed by atoms with E-state index in [9.17, 15) is 0 Å². The molecule has 0 fully saturated rings. The van der Waals surface area contributed by atoms with Gasteiger partial charge in [-0.3, -0.25) is 0 Å². The largest absolute Gasteiger partial charge is 0.369 e. The predicted octanol–water partition coefficient (Wildman–Crippen LogP) is 1.79. The summed E-state index contributed by atoms with van der Waals surface area (Å²) in [5.74, 6) is -0.732. The van der Waals surface area contributed by atoms with Crippen LogP contribution in [0.25, 0.3) is 0 Å². The van der Waals surface area contributed by atoms with E-state index in [0.29, 0.717) is 10.7 Å². The number of hydrogen-bond donors (Lipinski definition) is 3. The highest BCUT2D eigenvalue weighted by molar-refractivity contribution is 6.30. The van der Waals surface area contributed by atoms with Crippen molar-refractivity contribution in [1.82, 2.24) is 0 Å². The molecule has 1 aromatic carbocycles. The number of aliphatic imine (C=N–C) groups is 2. The first-order valence-electron chi connectivity index (χ1n) is 7.59. The minimum Gasteiger partial charge on any atom is -0.369 e. The van der Waals surface area contributed by atoms with E-state index in [-0.39, 0.29) is 5.96 Å². The molecule has 0 amide bonds. The lowest BCUT2D eigenvalue weighted by Gasteiger charge is -2.05. The minimum atomic E-state index is -2.84. The molecule has 1 rings (SSSR count). The Morgan fingerprint density at radius 2 is 2.00 bits per heavy atom. The van der Waals surface area contributed by atoms with Crippen LogP contribution in [0, 0.1) is 0 Å². The maximum atomic E-state index is 7.22. The molecule has 0 saturated heterocycles. The molecular weight excluding hydrogens is 238 g/mol. The smallest absolute Gasteiger partial charge is 0.218 e. The summed E-state index contributed by atoms with van der Waals surface area (Å²) < 4.78 is 43.3. The molecule has 6 heteroatoms. The Labute approximate surface area is 114 Å². The van der Waals surface area contributed by atoms with Crippen LogP contribution in [0.1, 0.15) is 21.9 Å². The number of nitrogens with zero attached hydrogens (tertiary/aromatic N) is 2. The fraction of sp³-hybridized carbons (Fsp3) is 0.273. The summed E-state index contributed by atoms with van der Waals surface area (Å²) in [6.45, 7) is -5.69. The summed E-state index contributed by atoms with van der Waals surface area (Å²) >= 11 is 5.74. The number of nitrogens with two attached hydrogens (primary N) is 2.